The third-order valence-electron chi connectivity index (χ3n) is 3.50. The second-order valence-corrected chi connectivity index (χ2v) is 5.09. The number of anilines is 1. The smallest absolute Gasteiger partial charge is 0.0433 e. The van der Waals surface area contributed by atoms with Gasteiger partial charge in [-0.1, -0.05) is 72.8 Å². The Balaban J connectivity index is 1.84. The van der Waals surface area contributed by atoms with Crippen LogP contribution < -0.4 is 4.90 Å². The molecule has 1 heteroatoms. The van der Waals surface area contributed by atoms with Gasteiger partial charge in [-0.05, 0) is 29.3 Å². The van der Waals surface area contributed by atoms with Gasteiger partial charge in [0, 0.05) is 18.8 Å². The molecule has 3 aromatic carbocycles. The summed E-state index contributed by atoms with van der Waals surface area (Å²) in [5.74, 6) is 0. The maximum absolute atomic E-state index is 3.09. The Bertz CT molecular complexity index is 606. The molecule has 0 bridgehead atoms. The van der Waals surface area contributed by atoms with Crippen LogP contribution in [0.5, 0.6) is 0 Å². The van der Waals surface area contributed by atoms with Gasteiger partial charge >= 0.3 is 0 Å². The molecule has 0 aromatic heterocycles. The molecule has 0 amide bonds. The van der Waals surface area contributed by atoms with E-state index in [0.717, 1.165) is 13.1 Å². The summed E-state index contributed by atoms with van der Waals surface area (Å²) in [6.07, 6.45) is 0. The van der Waals surface area contributed by atoms with Crippen molar-refractivity contribution in [3.8, 4) is 0 Å². The van der Waals surface area contributed by atoms with Gasteiger partial charge in [0.2, 0.25) is 0 Å². The lowest BCUT2D eigenvalue weighted by molar-refractivity contribution is 0.800. The van der Waals surface area contributed by atoms with E-state index in [4.69, 9.17) is 0 Å². The first kappa shape index (κ1) is 13.4. The van der Waals surface area contributed by atoms with E-state index in [1.54, 1.807) is 0 Å². The minimum Gasteiger partial charge on any atom is -0.363 e. The molecule has 0 fully saturated rings. The minimum atomic E-state index is 0.903. The van der Waals surface area contributed by atoms with E-state index in [9.17, 15) is 0 Å². The first-order chi connectivity index (χ1) is 10.4. The van der Waals surface area contributed by atoms with E-state index < -0.39 is 0 Å². The maximum atomic E-state index is 3.09. The van der Waals surface area contributed by atoms with E-state index in [0.29, 0.717) is 0 Å². The largest absolute Gasteiger partial charge is 0.363 e. The van der Waals surface area contributed by atoms with E-state index in [1.807, 2.05) is 12.1 Å². The normalized spacial score (nSPS) is 10.3. The average molecular weight is 272 g/mol. The van der Waals surface area contributed by atoms with Crippen LogP contribution >= 0.6 is 0 Å². The standard InChI is InChI=1S/C20H18N/c1-4-10-18(11-5-1)16-21(20-14-8-3-9-15-20)17-19-12-6-2-7-13-19/h1-2,4-15H,16-17H2. The highest BCUT2D eigenvalue weighted by Crippen LogP contribution is 2.19. The summed E-state index contributed by atoms with van der Waals surface area (Å²) in [5, 5.41) is 0. The van der Waals surface area contributed by atoms with Gasteiger partial charge in [0.25, 0.3) is 0 Å². The van der Waals surface area contributed by atoms with Crippen molar-refractivity contribution in [2.24, 2.45) is 0 Å². The molecular weight excluding hydrogens is 254 g/mol. The first-order valence-corrected chi connectivity index (χ1v) is 7.21. The molecule has 0 saturated heterocycles. The lowest BCUT2D eigenvalue weighted by Gasteiger charge is -2.25. The molecule has 103 valence electrons. The Labute approximate surface area is 126 Å². The van der Waals surface area contributed by atoms with E-state index >= 15 is 0 Å². The van der Waals surface area contributed by atoms with Gasteiger partial charge in [0.1, 0.15) is 0 Å². The summed E-state index contributed by atoms with van der Waals surface area (Å²) < 4.78 is 0. The molecule has 0 unspecified atom stereocenters. The molecule has 1 radical (unpaired) electrons. The van der Waals surface area contributed by atoms with Crippen LogP contribution in [0.4, 0.5) is 5.69 Å². The highest BCUT2D eigenvalue weighted by Gasteiger charge is 2.07. The number of rotatable bonds is 5. The van der Waals surface area contributed by atoms with Crippen molar-refractivity contribution >= 4 is 5.69 Å². The predicted molar refractivity (Wildman–Crippen MR) is 88.0 cm³/mol. The maximum Gasteiger partial charge on any atom is 0.0433 e. The fourth-order valence-corrected chi connectivity index (χ4v) is 2.44. The Morgan fingerprint density at radius 1 is 0.619 bits per heavy atom. The molecule has 3 rings (SSSR count). The molecule has 0 aliphatic heterocycles. The number of hydrogen-bond donors (Lipinski definition) is 0. The van der Waals surface area contributed by atoms with Crippen molar-refractivity contribution < 1.29 is 0 Å². The highest BCUT2D eigenvalue weighted by molar-refractivity contribution is 5.47. The molecule has 0 saturated carbocycles. The molecule has 0 spiro atoms. The van der Waals surface area contributed by atoms with Gasteiger partial charge in [-0.25, -0.2) is 0 Å². The number of benzene rings is 3. The van der Waals surface area contributed by atoms with Crippen LogP contribution in [0.3, 0.4) is 0 Å². The van der Waals surface area contributed by atoms with Crippen LogP contribution in [-0.2, 0) is 13.1 Å². The third kappa shape index (κ3) is 3.73. The second-order valence-electron chi connectivity index (χ2n) is 5.09. The third-order valence-corrected chi connectivity index (χ3v) is 3.50. The second kappa shape index (κ2) is 6.76. The lowest BCUT2D eigenvalue weighted by atomic mass is 10.1. The summed E-state index contributed by atoms with van der Waals surface area (Å²) in [7, 11) is 0. The Morgan fingerprint density at radius 2 is 1.10 bits per heavy atom. The average Bonchev–Trinajstić information content (AvgIpc) is 2.57. The molecule has 0 atom stereocenters. The fraction of sp³-hybridized carbons (Fsp3) is 0.100. The molecule has 0 N–H and O–H groups in total. The molecule has 0 heterocycles. The van der Waals surface area contributed by atoms with Gasteiger partial charge in [-0.3, -0.25) is 0 Å². The fourth-order valence-electron chi connectivity index (χ4n) is 2.44. The Hall–Kier alpha value is -2.54. The van der Waals surface area contributed by atoms with Crippen molar-refractivity contribution in [3.05, 3.63) is 102 Å². The van der Waals surface area contributed by atoms with Crippen LogP contribution in [0.15, 0.2) is 84.9 Å². The van der Waals surface area contributed by atoms with Crippen LogP contribution in [0, 0.1) is 6.07 Å². The van der Waals surface area contributed by atoms with E-state index in [-0.39, 0.29) is 0 Å². The van der Waals surface area contributed by atoms with Gasteiger partial charge in [0.15, 0.2) is 0 Å². The molecule has 0 aliphatic carbocycles. The monoisotopic (exact) mass is 272 g/mol. The van der Waals surface area contributed by atoms with Crippen LogP contribution in [0.25, 0.3) is 0 Å². The summed E-state index contributed by atoms with van der Waals surface area (Å²) >= 11 is 0. The van der Waals surface area contributed by atoms with Gasteiger partial charge in [-0.2, -0.15) is 0 Å². The zero-order valence-electron chi connectivity index (χ0n) is 11.9. The molecule has 0 aliphatic rings. The molecule has 3 aromatic rings. The molecule has 21 heavy (non-hydrogen) atoms. The van der Waals surface area contributed by atoms with Crippen molar-refractivity contribution in [2.75, 3.05) is 4.90 Å². The van der Waals surface area contributed by atoms with Crippen molar-refractivity contribution in [1.82, 2.24) is 0 Å². The molecule has 1 nitrogen and oxygen atoms in total. The summed E-state index contributed by atoms with van der Waals surface area (Å²) in [6.45, 7) is 1.81. The first-order valence-electron chi connectivity index (χ1n) is 7.21. The van der Waals surface area contributed by atoms with Crippen molar-refractivity contribution in [3.63, 3.8) is 0 Å². The zero-order valence-corrected chi connectivity index (χ0v) is 11.9. The number of nitrogens with zero attached hydrogens (tertiary/aromatic N) is 1. The zero-order chi connectivity index (χ0) is 14.3. The van der Waals surface area contributed by atoms with Crippen LogP contribution in [0.1, 0.15) is 11.1 Å². The van der Waals surface area contributed by atoms with Crippen molar-refractivity contribution in [1.29, 1.82) is 0 Å². The summed E-state index contributed by atoms with van der Waals surface area (Å²) in [4.78, 5) is 2.39. The van der Waals surface area contributed by atoms with E-state index in [2.05, 4.69) is 83.8 Å². The molecular formula is C20H18N. The van der Waals surface area contributed by atoms with Gasteiger partial charge in [-0.15, -0.1) is 0 Å². The van der Waals surface area contributed by atoms with Crippen LogP contribution in [0.2, 0.25) is 0 Å². The van der Waals surface area contributed by atoms with Gasteiger partial charge < -0.3 is 4.90 Å². The Morgan fingerprint density at radius 3 is 1.57 bits per heavy atom. The van der Waals surface area contributed by atoms with Gasteiger partial charge in [0.05, 0.1) is 0 Å². The summed E-state index contributed by atoms with van der Waals surface area (Å²) in [5.41, 5.74) is 3.86. The minimum absolute atomic E-state index is 0.903. The lowest BCUT2D eigenvalue weighted by Crippen LogP contribution is -2.21. The predicted octanol–water partition coefficient (Wildman–Crippen LogP) is 4.69. The highest BCUT2D eigenvalue weighted by atomic mass is 15.1. The topological polar surface area (TPSA) is 3.24 Å². The van der Waals surface area contributed by atoms with Crippen LogP contribution in [-0.4, -0.2) is 0 Å². The SMILES string of the molecule is [c]1ccc(N(Cc2ccccc2)Cc2ccccc2)cc1. The van der Waals surface area contributed by atoms with Crippen molar-refractivity contribution in [2.45, 2.75) is 13.1 Å². The Kier molecular flexibility index (Phi) is 4.33. The summed E-state index contributed by atoms with van der Waals surface area (Å²) in [6, 6.07) is 32.4. The number of hydrogen-bond acceptors (Lipinski definition) is 1. The van der Waals surface area contributed by atoms with E-state index in [1.165, 1.54) is 16.8 Å². The quantitative estimate of drug-likeness (QED) is 0.651.